The largest absolute Gasteiger partial charge is 0.457 e. The lowest BCUT2D eigenvalue weighted by molar-refractivity contribution is -0.284. The second-order valence-electron chi connectivity index (χ2n) is 17.4. The van der Waals surface area contributed by atoms with E-state index in [-0.39, 0.29) is 24.2 Å². The summed E-state index contributed by atoms with van der Waals surface area (Å²) in [5.74, 6) is -4.60. The maximum Gasteiger partial charge on any atom is 0.411 e. The Morgan fingerprint density at radius 2 is 1.74 bits per heavy atom. The van der Waals surface area contributed by atoms with Gasteiger partial charge in [0.05, 0.1) is 30.3 Å². The molecule has 0 bridgehead atoms. The van der Waals surface area contributed by atoms with Crippen molar-refractivity contribution in [2.45, 2.75) is 150 Å². The summed E-state index contributed by atoms with van der Waals surface area (Å²) in [5.41, 5.74) is -0.553. The number of rotatable bonds is 10. The summed E-state index contributed by atoms with van der Waals surface area (Å²) >= 11 is 0. The number of fused-ring (bicyclic) bond motifs is 1. The molecular formula is C44H64N4O9. The van der Waals surface area contributed by atoms with Gasteiger partial charge in [-0.3, -0.25) is 24.3 Å². The Bertz CT molecular complexity index is 1750. The molecule has 3 saturated heterocycles. The number of carbonyl (C=O) groups is 4. The summed E-state index contributed by atoms with van der Waals surface area (Å²) in [6.45, 7) is 19.3. The number of aliphatic hydroxyl groups is 1. The number of ether oxygens (including phenoxy) is 4. The van der Waals surface area contributed by atoms with Crippen molar-refractivity contribution in [1.29, 1.82) is 0 Å². The van der Waals surface area contributed by atoms with E-state index < -0.39 is 83.2 Å². The summed E-state index contributed by atoms with van der Waals surface area (Å²) in [5, 5.41) is 11.1. The summed E-state index contributed by atoms with van der Waals surface area (Å²) in [7, 11) is 0. The minimum absolute atomic E-state index is 0.0906. The molecule has 5 heterocycles. The molecular weight excluding hydrogens is 729 g/mol. The predicted octanol–water partition coefficient (Wildman–Crippen LogP) is 6.81. The van der Waals surface area contributed by atoms with Crippen molar-refractivity contribution in [1.82, 2.24) is 19.4 Å². The zero-order valence-electron chi connectivity index (χ0n) is 35.4. The fourth-order valence-electron chi connectivity index (χ4n) is 9.54. The summed E-state index contributed by atoms with van der Waals surface area (Å²) in [6, 6.07) is 3.01. The molecule has 0 aliphatic carbocycles. The molecule has 0 spiro atoms. The molecule has 1 N–H and O–H groups in total. The van der Waals surface area contributed by atoms with E-state index in [0.717, 1.165) is 11.3 Å². The molecule has 314 valence electrons. The zero-order chi connectivity index (χ0) is 41.8. The van der Waals surface area contributed by atoms with Gasteiger partial charge >= 0.3 is 12.1 Å². The van der Waals surface area contributed by atoms with E-state index in [1.165, 1.54) is 6.92 Å². The number of aryl methyl sites for hydroxylation is 1. The first-order valence-electron chi connectivity index (χ1n) is 20.8. The van der Waals surface area contributed by atoms with Gasteiger partial charge in [-0.05, 0) is 82.4 Å². The Hall–Kier alpha value is -3.94. The van der Waals surface area contributed by atoms with Crippen LogP contribution >= 0.6 is 0 Å². The number of cyclic esters (lactones) is 1. The van der Waals surface area contributed by atoms with Gasteiger partial charge in [0, 0.05) is 55.0 Å². The number of aliphatic hydroxyl groups excluding tert-OH is 1. The quantitative estimate of drug-likeness (QED) is 0.117. The van der Waals surface area contributed by atoms with E-state index in [2.05, 4.69) is 9.97 Å². The molecule has 13 heteroatoms. The van der Waals surface area contributed by atoms with Crippen LogP contribution < -0.4 is 0 Å². The highest BCUT2D eigenvalue weighted by molar-refractivity contribution is 6.00. The highest BCUT2D eigenvalue weighted by Gasteiger charge is 2.61. The Kier molecular flexibility index (Phi) is 14.2. The minimum Gasteiger partial charge on any atom is -0.457 e. The third kappa shape index (κ3) is 9.36. The lowest BCUT2D eigenvalue weighted by Gasteiger charge is -2.45. The number of imidazole rings is 1. The Balaban J connectivity index is 1.46. The van der Waals surface area contributed by atoms with Crippen LogP contribution in [0.1, 0.15) is 101 Å². The van der Waals surface area contributed by atoms with Crippen LogP contribution in [0.3, 0.4) is 0 Å². The average Bonchev–Trinajstić information content (AvgIpc) is 3.76. The van der Waals surface area contributed by atoms with Crippen molar-refractivity contribution < 1.29 is 43.2 Å². The van der Waals surface area contributed by atoms with Crippen molar-refractivity contribution in [3.63, 3.8) is 0 Å². The van der Waals surface area contributed by atoms with E-state index in [4.69, 9.17) is 18.9 Å². The Morgan fingerprint density at radius 1 is 1.02 bits per heavy atom. The first kappa shape index (κ1) is 44.2. The lowest BCUT2D eigenvalue weighted by atomic mass is 9.69. The maximum absolute atomic E-state index is 14.8. The number of hydrogen-bond acceptors (Lipinski definition) is 11. The van der Waals surface area contributed by atoms with Gasteiger partial charge in [0.2, 0.25) is 0 Å². The van der Waals surface area contributed by atoms with Crippen LogP contribution in [-0.2, 0) is 39.9 Å². The number of allylic oxidation sites excluding steroid dienone is 1. The molecule has 1 amide bonds. The number of amides is 1. The van der Waals surface area contributed by atoms with Crippen molar-refractivity contribution in [3.8, 4) is 11.3 Å². The molecule has 57 heavy (non-hydrogen) atoms. The number of unbranched alkanes of at least 4 members (excludes halogenated alkanes) is 1. The molecule has 2 aromatic rings. The highest BCUT2D eigenvalue weighted by atomic mass is 16.7. The number of Topliss-reactive ketones (excluding diaryl/α,β-unsaturated/α-hetero) is 2. The van der Waals surface area contributed by atoms with E-state index in [1.807, 2.05) is 71.4 Å². The predicted molar refractivity (Wildman–Crippen MR) is 213 cm³/mol. The van der Waals surface area contributed by atoms with E-state index in [9.17, 15) is 24.3 Å². The van der Waals surface area contributed by atoms with Crippen molar-refractivity contribution in [3.05, 3.63) is 49.2 Å². The number of carbonyl (C=O) groups excluding carboxylic acids is 4. The second kappa shape index (κ2) is 18.3. The molecule has 2 aromatic heterocycles. The van der Waals surface area contributed by atoms with Crippen LogP contribution in [-0.4, -0.2) is 97.1 Å². The standard InChI is InChI=1S/C44H64N4O9/c1-11-17-44-34(12-2)55-40(52)31(8)37(51)30(7)39(56-41-36(50)26(3)21-28(5)54-41)43(9,10)22-27(4)35(49)29(6)38(44)48(42(53)57-44)20-14-13-19-47-24-33(46-25-47)32-16-15-18-45-23-32/h11,15-18,23-31,34,36,38-39,41,50H,12-14,19-22H2,1-10H3/t26-,27+,28+,29-,30-,31+,34+,36+,38+,39+,41-,44+/m0/s1. The smallest absolute Gasteiger partial charge is 0.411 e. The molecule has 0 radical (unpaired) electrons. The normalized spacial score (nSPS) is 35.5. The first-order chi connectivity index (χ1) is 26.9. The number of aromatic nitrogens is 3. The van der Waals surface area contributed by atoms with Crippen molar-refractivity contribution in [2.24, 2.45) is 35.0 Å². The Labute approximate surface area is 337 Å². The van der Waals surface area contributed by atoms with Crippen molar-refractivity contribution >= 4 is 23.6 Å². The monoisotopic (exact) mass is 792 g/mol. The molecule has 12 atom stereocenters. The van der Waals surface area contributed by atoms with Gasteiger partial charge in [0.1, 0.15) is 23.9 Å². The fourth-order valence-corrected chi connectivity index (χ4v) is 9.54. The first-order valence-corrected chi connectivity index (χ1v) is 20.8. The number of hydrogen-bond donors (Lipinski definition) is 1. The number of pyridine rings is 1. The summed E-state index contributed by atoms with van der Waals surface area (Å²) in [4.78, 5) is 67.4. The average molecular weight is 793 g/mol. The second-order valence-corrected chi connectivity index (χ2v) is 17.4. The summed E-state index contributed by atoms with van der Waals surface area (Å²) in [6.07, 6.45) is 8.79. The Morgan fingerprint density at radius 3 is 2.40 bits per heavy atom. The van der Waals surface area contributed by atoms with Crippen LogP contribution in [0.15, 0.2) is 49.2 Å². The third-order valence-electron chi connectivity index (χ3n) is 12.4. The van der Waals surface area contributed by atoms with E-state index in [0.29, 0.717) is 38.8 Å². The van der Waals surface area contributed by atoms with Gasteiger partial charge in [-0.1, -0.05) is 54.5 Å². The fraction of sp³-hybridized carbons (Fsp3) is 0.682. The number of ketones is 2. The van der Waals surface area contributed by atoms with Gasteiger partial charge in [0.15, 0.2) is 17.7 Å². The van der Waals surface area contributed by atoms with Crippen LogP contribution in [0.2, 0.25) is 0 Å². The van der Waals surface area contributed by atoms with Crippen LogP contribution in [0.4, 0.5) is 4.79 Å². The third-order valence-corrected chi connectivity index (χ3v) is 12.4. The van der Waals surface area contributed by atoms with E-state index in [1.54, 1.807) is 49.6 Å². The molecule has 13 nitrogen and oxygen atoms in total. The highest BCUT2D eigenvalue weighted by Crippen LogP contribution is 2.45. The molecule has 0 aromatic carbocycles. The molecule has 5 rings (SSSR count). The van der Waals surface area contributed by atoms with Gasteiger partial charge in [-0.15, -0.1) is 0 Å². The van der Waals surface area contributed by atoms with Crippen LogP contribution in [0.5, 0.6) is 0 Å². The summed E-state index contributed by atoms with van der Waals surface area (Å²) < 4.78 is 27.2. The zero-order valence-corrected chi connectivity index (χ0v) is 35.4. The molecule has 3 aliphatic heterocycles. The minimum atomic E-state index is -1.49. The molecule has 3 fully saturated rings. The number of esters is 1. The van der Waals surface area contributed by atoms with Gasteiger partial charge in [-0.2, -0.15) is 0 Å². The number of nitrogens with zero attached hydrogens (tertiary/aromatic N) is 4. The SMILES string of the molecule is CC=C[C@]12OC(=O)N(CCCCn3cnc(-c4cccnc4)c3)[C@@H]1[C@@H](C)C(=O)[C@H](C)CC(C)(C)[C@H](O[C@@H]1O[C@H](C)C[C@H](C)[C@H]1O)[C@@H](C)C(=O)[C@@H](C)C(=O)O[C@@H]2CC. The maximum atomic E-state index is 14.8. The van der Waals surface area contributed by atoms with Crippen LogP contribution in [0, 0.1) is 35.0 Å². The van der Waals surface area contributed by atoms with Crippen molar-refractivity contribution in [2.75, 3.05) is 6.54 Å². The van der Waals surface area contributed by atoms with Crippen LogP contribution in [0.25, 0.3) is 11.3 Å². The van der Waals surface area contributed by atoms with Gasteiger partial charge in [-0.25, -0.2) is 9.78 Å². The molecule has 3 aliphatic rings. The lowest BCUT2D eigenvalue weighted by Crippen LogP contribution is -2.59. The van der Waals surface area contributed by atoms with Gasteiger partial charge in [0.25, 0.3) is 0 Å². The molecule has 0 unspecified atom stereocenters. The van der Waals surface area contributed by atoms with E-state index >= 15 is 0 Å². The van der Waals surface area contributed by atoms with Gasteiger partial charge < -0.3 is 28.6 Å². The molecule has 0 saturated carbocycles. The topological polar surface area (TPSA) is 159 Å².